The minimum absolute atomic E-state index is 0.0614. The van der Waals surface area contributed by atoms with E-state index >= 15 is 0 Å². The Morgan fingerprint density at radius 2 is 1.94 bits per heavy atom. The smallest absolute Gasteiger partial charge is 0.201 e. The number of guanidine groups is 2. The fraction of sp³-hybridized carbons (Fsp3) is 0.385. The molecule has 2 rings (SSSR count). The van der Waals surface area contributed by atoms with Crippen molar-refractivity contribution in [3.05, 3.63) is 35.9 Å². The van der Waals surface area contributed by atoms with Gasteiger partial charge in [0.25, 0.3) is 0 Å². The van der Waals surface area contributed by atoms with Gasteiger partial charge >= 0.3 is 0 Å². The summed E-state index contributed by atoms with van der Waals surface area (Å²) in [6.45, 7) is 2.56. The molecule has 1 aliphatic heterocycles. The first-order chi connectivity index (χ1) is 8.75. The molecule has 0 amide bonds. The summed E-state index contributed by atoms with van der Waals surface area (Å²) in [6, 6.07) is 10.1. The lowest BCUT2D eigenvalue weighted by molar-refractivity contribution is 0.503. The maximum absolute atomic E-state index is 7.33. The second-order valence-corrected chi connectivity index (χ2v) is 4.36. The molecule has 0 aliphatic carbocycles. The fourth-order valence-corrected chi connectivity index (χ4v) is 2.02. The van der Waals surface area contributed by atoms with Crippen molar-refractivity contribution in [1.82, 2.24) is 10.2 Å². The quantitative estimate of drug-likeness (QED) is 0.540. The maximum Gasteiger partial charge on any atom is 0.201 e. The zero-order valence-electron chi connectivity index (χ0n) is 10.4. The Labute approximate surface area is 107 Å². The molecule has 0 atom stereocenters. The molecule has 0 unspecified atom stereocenters. The summed E-state index contributed by atoms with van der Waals surface area (Å²) in [4.78, 5) is 6.67. The highest BCUT2D eigenvalue weighted by atomic mass is 15.3. The van der Waals surface area contributed by atoms with Crippen LogP contribution in [-0.2, 0) is 6.54 Å². The Balaban J connectivity index is 2.05. The molecule has 1 aliphatic rings. The molecule has 0 spiro atoms. The molecular weight excluding hydrogens is 226 g/mol. The van der Waals surface area contributed by atoms with E-state index in [0.717, 1.165) is 18.7 Å². The van der Waals surface area contributed by atoms with Gasteiger partial charge in [-0.25, -0.2) is 4.99 Å². The highest BCUT2D eigenvalue weighted by Gasteiger charge is 2.16. The zero-order valence-corrected chi connectivity index (χ0v) is 10.4. The van der Waals surface area contributed by atoms with Gasteiger partial charge in [0.2, 0.25) is 5.96 Å². The summed E-state index contributed by atoms with van der Waals surface area (Å²) >= 11 is 0. The van der Waals surface area contributed by atoms with E-state index in [4.69, 9.17) is 11.1 Å². The Hall–Kier alpha value is -2.04. The molecule has 1 aromatic rings. The molecule has 18 heavy (non-hydrogen) atoms. The van der Waals surface area contributed by atoms with Crippen LogP contribution < -0.4 is 11.1 Å². The lowest BCUT2D eigenvalue weighted by Crippen LogP contribution is -2.45. The standard InChI is InChI=1S/C13H19N5/c14-12(15)17-13(18-8-4-5-9-18)16-10-11-6-2-1-3-7-11/h1-3,6-7H,4-5,8-10H2,(H4,14,15,16,17). The van der Waals surface area contributed by atoms with E-state index in [-0.39, 0.29) is 5.96 Å². The van der Waals surface area contributed by atoms with Crippen LogP contribution in [0.3, 0.4) is 0 Å². The van der Waals surface area contributed by atoms with Gasteiger partial charge in [-0.1, -0.05) is 30.3 Å². The monoisotopic (exact) mass is 245 g/mol. The number of rotatable bonds is 2. The normalized spacial score (nSPS) is 15.8. The number of likely N-dealkylation sites (tertiary alicyclic amines) is 1. The van der Waals surface area contributed by atoms with E-state index < -0.39 is 0 Å². The molecule has 96 valence electrons. The number of nitrogens with zero attached hydrogens (tertiary/aromatic N) is 2. The van der Waals surface area contributed by atoms with Crippen LogP contribution in [0.25, 0.3) is 0 Å². The Morgan fingerprint density at radius 3 is 2.56 bits per heavy atom. The summed E-state index contributed by atoms with van der Waals surface area (Å²) < 4.78 is 0. The van der Waals surface area contributed by atoms with Gasteiger partial charge in [0.15, 0.2) is 5.96 Å². The van der Waals surface area contributed by atoms with E-state index in [1.807, 2.05) is 30.3 Å². The number of hydrogen-bond donors (Lipinski definition) is 3. The van der Waals surface area contributed by atoms with Crippen LogP contribution in [-0.4, -0.2) is 29.9 Å². The number of nitrogens with two attached hydrogens (primary N) is 1. The topological polar surface area (TPSA) is 77.5 Å². The molecular formula is C13H19N5. The van der Waals surface area contributed by atoms with Crippen LogP contribution in [0.15, 0.2) is 35.3 Å². The van der Waals surface area contributed by atoms with Crippen molar-refractivity contribution < 1.29 is 0 Å². The predicted octanol–water partition coefficient (Wildman–Crippen LogP) is 1.12. The molecule has 1 heterocycles. The Morgan fingerprint density at radius 1 is 1.28 bits per heavy atom. The van der Waals surface area contributed by atoms with Crippen molar-refractivity contribution in [3.8, 4) is 0 Å². The lowest BCUT2D eigenvalue weighted by Gasteiger charge is -2.20. The first-order valence-electron chi connectivity index (χ1n) is 6.20. The highest BCUT2D eigenvalue weighted by Crippen LogP contribution is 2.08. The van der Waals surface area contributed by atoms with Gasteiger partial charge in [-0.3, -0.25) is 10.7 Å². The van der Waals surface area contributed by atoms with E-state index in [9.17, 15) is 0 Å². The molecule has 1 fully saturated rings. The van der Waals surface area contributed by atoms with Gasteiger partial charge < -0.3 is 10.6 Å². The third-order valence-electron chi connectivity index (χ3n) is 2.91. The predicted molar refractivity (Wildman–Crippen MR) is 73.4 cm³/mol. The van der Waals surface area contributed by atoms with Crippen molar-refractivity contribution in [1.29, 1.82) is 5.41 Å². The number of benzene rings is 1. The molecule has 0 radical (unpaired) electrons. The second-order valence-electron chi connectivity index (χ2n) is 4.36. The van der Waals surface area contributed by atoms with Crippen molar-refractivity contribution >= 4 is 11.9 Å². The Bertz CT molecular complexity index is 420. The average molecular weight is 245 g/mol. The average Bonchev–Trinajstić information content (AvgIpc) is 2.89. The SMILES string of the molecule is N=C(N)N/C(=N/Cc1ccccc1)N1CCCC1. The van der Waals surface area contributed by atoms with Crippen molar-refractivity contribution in [2.75, 3.05) is 13.1 Å². The third-order valence-corrected chi connectivity index (χ3v) is 2.91. The largest absolute Gasteiger partial charge is 0.370 e. The molecule has 4 N–H and O–H groups in total. The van der Waals surface area contributed by atoms with Gasteiger partial charge in [0.05, 0.1) is 6.54 Å². The number of nitrogens with one attached hydrogen (secondary N) is 2. The van der Waals surface area contributed by atoms with Gasteiger partial charge in [0, 0.05) is 13.1 Å². The molecule has 5 heteroatoms. The summed E-state index contributed by atoms with van der Waals surface area (Å²) in [5.74, 6) is 0.651. The van der Waals surface area contributed by atoms with Crippen LogP contribution in [0.5, 0.6) is 0 Å². The van der Waals surface area contributed by atoms with Crippen molar-refractivity contribution in [2.45, 2.75) is 19.4 Å². The summed E-state index contributed by atoms with van der Waals surface area (Å²) in [5.41, 5.74) is 6.55. The number of aliphatic imine (C=N–C) groups is 1. The maximum atomic E-state index is 7.33. The van der Waals surface area contributed by atoms with Crippen LogP contribution in [0.4, 0.5) is 0 Å². The Kier molecular flexibility index (Phi) is 4.17. The first kappa shape index (κ1) is 12.4. The number of hydrogen-bond acceptors (Lipinski definition) is 2. The van der Waals surface area contributed by atoms with E-state index in [1.54, 1.807) is 0 Å². The lowest BCUT2D eigenvalue weighted by atomic mass is 10.2. The van der Waals surface area contributed by atoms with Crippen LogP contribution in [0.1, 0.15) is 18.4 Å². The van der Waals surface area contributed by atoms with Crippen LogP contribution in [0.2, 0.25) is 0 Å². The summed E-state index contributed by atoms with van der Waals surface area (Å²) in [7, 11) is 0. The van der Waals surface area contributed by atoms with E-state index in [2.05, 4.69) is 15.2 Å². The van der Waals surface area contributed by atoms with E-state index in [0.29, 0.717) is 12.5 Å². The minimum Gasteiger partial charge on any atom is -0.370 e. The molecule has 5 nitrogen and oxygen atoms in total. The minimum atomic E-state index is -0.0614. The second kappa shape index (κ2) is 6.05. The molecule has 0 aromatic heterocycles. The van der Waals surface area contributed by atoms with Gasteiger partial charge in [0.1, 0.15) is 0 Å². The molecule has 1 aromatic carbocycles. The van der Waals surface area contributed by atoms with Gasteiger partial charge in [-0.05, 0) is 18.4 Å². The third kappa shape index (κ3) is 3.48. The van der Waals surface area contributed by atoms with Crippen molar-refractivity contribution in [2.24, 2.45) is 10.7 Å². The zero-order chi connectivity index (χ0) is 12.8. The van der Waals surface area contributed by atoms with E-state index in [1.165, 1.54) is 12.8 Å². The van der Waals surface area contributed by atoms with Crippen LogP contribution in [0, 0.1) is 5.41 Å². The molecule has 1 saturated heterocycles. The first-order valence-corrected chi connectivity index (χ1v) is 6.20. The highest BCUT2D eigenvalue weighted by molar-refractivity contribution is 5.96. The summed E-state index contributed by atoms with van der Waals surface area (Å²) in [5, 5.41) is 10.2. The van der Waals surface area contributed by atoms with Gasteiger partial charge in [-0.15, -0.1) is 0 Å². The molecule has 0 bridgehead atoms. The van der Waals surface area contributed by atoms with Gasteiger partial charge in [-0.2, -0.15) is 0 Å². The van der Waals surface area contributed by atoms with Crippen LogP contribution >= 0.6 is 0 Å². The molecule has 0 saturated carbocycles. The van der Waals surface area contributed by atoms with Crippen molar-refractivity contribution in [3.63, 3.8) is 0 Å². The fourth-order valence-electron chi connectivity index (χ4n) is 2.02. The summed E-state index contributed by atoms with van der Waals surface area (Å²) in [6.07, 6.45) is 2.34.